The number of nitrogens with zero attached hydrogens (tertiary/aromatic N) is 1. The van der Waals surface area contributed by atoms with Crippen LogP contribution in [0.25, 0.3) is 10.9 Å². The van der Waals surface area contributed by atoms with Crippen LogP contribution in [0.15, 0.2) is 24.3 Å². The number of aromatic nitrogens is 1. The molecule has 0 aliphatic carbocycles. The predicted molar refractivity (Wildman–Crippen MR) is 63.6 cm³/mol. The Bertz CT molecular complexity index is 574. The summed E-state index contributed by atoms with van der Waals surface area (Å²) in [5.74, 6) is -1.17. The Kier molecular flexibility index (Phi) is 2.88. The largest absolute Gasteiger partial charge is 0.480 e. The van der Waals surface area contributed by atoms with Crippen molar-refractivity contribution in [2.75, 3.05) is 0 Å². The summed E-state index contributed by atoms with van der Waals surface area (Å²) in [6.45, 7) is 3.66. The van der Waals surface area contributed by atoms with E-state index in [1.54, 1.807) is 10.6 Å². The smallest absolute Gasteiger partial charge is 0.326 e. The van der Waals surface area contributed by atoms with Crippen molar-refractivity contribution in [1.82, 2.24) is 4.57 Å². The molecule has 0 spiro atoms. The topological polar surface area (TPSA) is 42.2 Å². The van der Waals surface area contributed by atoms with E-state index in [2.05, 4.69) is 0 Å². The van der Waals surface area contributed by atoms with E-state index in [0.717, 1.165) is 16.6 Å². The zero-order valence-corrected chi connectivity index (χ0v) is 9.77. The maximum absolute atomic E-state index is 13.1. The summed E-state index contributed by atoms with van der Waals surface area (Å²) >= 11 is 0. The molecule has 90 valence electrons. The molecule has 1 heterocycles. The molecular formula is C13H14FNO2. The summed E-state index contributed by atoms with van der Waals surface area (Å²) < 4.78 is 14.8. The van der Waals surface area contributed by atoms with Gasteiger partial charge in [-0.3, -0.25) is 0 Å². The molecule has 0 bridgehead atoms. The van der Waals surface area contributed by atoms with Crippen molar-refractivity contribution in [3.8, 4) is 0 Å². The van der Waals surface area contributed by atoms with E-state index >= 15 is 0 Å². The van der Waals surface area contributed by atoms with Crippen molar-refractivity contribution in [2.45, 2.75) is 26.3 Å². The number of hydrogen-bond acceptors (Lipinski definition) is 1. The quantitative estimate of drug-likeness (QED) is 0.888. The van der Waals surface area contributed by atoms with Crippen LogP contribution in [0.1, 0.15) is 25.1 Å². The van der Waals surface area contributed by atoms with Gasteiger partial charge in [0.05, 0.1) is 0 Å². The highest BCUT2D eigenvalue weighted by molar-refractivity contribution is 5.84. The van der Waals surface area contributed by atoms with Gasteiger partial charge in [-0.05, 0) is 37.6 Å². The number of aliphatic carboxylic acids is 1. The number of carbonyl (C=O) groups is 1. The Balaban J connectivity index is 2.68. The first-order valence-corrected chi connectivity index (χ1v) is 5.54. The highest BCUT2D eigenvalue weighted by Crippen LogP contribution is 2.26. The van der Waals surface area contributed by atoms with Crippen LogP contribution in [0.2, 0.25) is 0 Å². The number of carboxylic acids is 1. The van der Waals surface area contributed by atoms with Crippen molar-refractivity contribution >= 4 is 16.9 Å². The van der Waals surface area contributed by atoms with Gasteiger partial charge < -0.3 is 9.67 Å². The molecule has 0 aliphatic heterocycles. The van der Waals surface area contributed by atoms with Gasteiger partial charge in [0, 0.05) is 16.6 Å². The molecule has 0 radical (unpaired) electrons. The van der Waals surface area contributed by atoms with Gasteiger partial charge in [-0.1, -0.05) is 6.92 Å². The molecule has 1 aromatic carbocycles. The first-order valence-electron chi connectivity index (χ1n) is 5.54. The highest BCUT2D eigenvalue weighted by Gasteiger charge is 2.20. The molecule has 4 heteroatoms. The maximum Gasteiger partial charge on any atom is 0.326 e. The lowest BCUT2D eigenvalue weighted by Gasteiger charge is -2.15. The molecule has 17 heavy (non-hydrogen) atoms. The highest BCUT2D eigenvalue weighted by atomic mass is 19.1. The number of benzene rings is 1. The van der Waals surface area contributed by atoms with Gasteiger partial charge in [-0.2, -0.15) is 0 Å². The summed E-state index contributed by atoms with van der Waals surface area (Å²) in [5, 5.41) is 9.93. The minimum absolute atomic E-state index is 0.307. The molecule has 0 saturated heterocycles. The minimum Gasteiger partial charge on any atom is -0.480 e. The number of aryl methyl sites for hydroxylation is 1. The predicted octanol–water partition coefficient (Wildman–Crippen LogP) is 3.12. The molecule has 1 N–H and O–H groups in total. The van der Waals surface area contributed by atoms with E-state index in [1.807, 2.05) is 19.9 Å². The van der Waals surface area contributed by atoms with Crippen molar-refractivity contribution < 1.29 is 14.3 Å². The molecule has 0 saturated carbocycles. The fourth-order valence-corrected chi connectivity index (χ4v) is 2.23. The molecule has 2 rings (SSSR count). The first-order chi connectivity index (χ1) is 8.04. The van der Waals surface area contributed by atoms with Gasteiger partial charge in [0.1, 0.15) is 11.9 Å². The SMILES string of the molecule is CCC(C(=O)O)n1c(C)cc2cc(F)ccc21. The van der Waals surface area contributed by atoms with Crippen LogP contribution >= 0.6 is 0 Å². The third kappa shape index (κ3) is 1.90. The Morgan fingerprint density at radius 2 is 2.18 bits per heavy atom. The van der Waals surface area contributed by atoms with Crippen LogP contribution in [-0.4, -0.2) is 15.6 Å². The fourth-order valence-electron chi connectivity index (χ4n) is 2.23. The molecule has 1 atom stereocenters. The van der Waals surface area contributed by atoms with Gasteiger partial charge in [-0.15, -0.1) is 0 Å². The van der Waals surface area contributed by atoms with Crippen molar-refractivity contribution in [3.63, 3.8) is 0 Å². The second kappa shape index (κ2) is 4.20. The van der Waals surface area contributed by atoms with E-state index in [4.69, 9.17) is 0 Å². The van der Waals surface area contributed by atoms with Crippen LogP contribution < -0.4 is 0 Å². The van der Waals surface area contributed by atoms with E-state index in [1.165, 1.54) is 12.1 Å². The molecule has 1 unspecified atom stereocenters. The zero-order chi connectivity index (χ0) is 12.6. The molecule has 2 aromatic rings. The summed E-state index contributed by atoms with van der Waals surface area (Å²) in [5.41, 5.74) is 1.60. The van der Waals surface area contributed by atoms with Crippen molar-refractivity contribution in [1.29, 1.82) is 0 Å². The number of carboxylic acid groups (broad SMARTS) is 1. The van der Waals surface area contributed by atoms with Crippen molar-refractivity contribution in [3.05, 3.63) is 35.8 Å². The van der Waals surface area contributed by atoms with Crippen LogP contribution in [0.3, 0.4) is 0 Å². The summed E-state index contributed by atoms with van der Waals surface area (Å²) in [6, 6.07) is 5.62. The lowest BCUT2D eigenvalue weighted by atomic mass is 10.2. The molecule has 1 aromatic heterocycles. The van der Waals surface area contributed by atoms with Crippen molar-refractivity contribution in [2.24, 2.45) is 0 Å². The number of halogens is 1. The van der Waals surface area contributed by atoms with Gasteiger partial charge in [-0.25, -0.2) is 9.18 Å². The summed E-state index contributed by atoms with van der Waals surface area (Å²) in [4.78, 5) is 11.2. The van der Waals surface area contributed by atoms with E-state index in [0.29, 0.717) is 6.42 Å². The molecule has 0 aliphatic rings. The number of rotatable bonds is 3. The summed E-state index contributed by atoms with van der Waals surface area (Å²) in [6.07, 6.45) is 0.497. The average molecular weight is 235 g/mol. The number of fused-ring (bicyclic) bond motifs is 1. The third-order valence-electron chi connectivity index (χ3n) is 2.98. The minimum atomic E-state index is -0.863. The zero-order valence-electron chi connectivity index (χ0n) is 9.77. The second-order valence-corrected chi connectivity index (χ2v) is 4.12. The van der Waals surface area contributed by atoms with E-state index in [-0.39, 0.29) is 5.82 Å². The molecule has 0 amide bonds. The molecular weight excluding hydrogens is 221 g/mol. The van der Waals surface area contributed by atoms with Crippen LogP contribution in [0.5, 0.6) is 0 Å². The lowest BCUT2D eigenvalue weighted by molar-refractivity contribution is -0.140. The fraction of sp³-hybridized carbons (Fsp3) is 0.308. The lowest BCUT2D eigenvalue weighted by Crippen LogP contribution is -2.18. The Labute approximate surface area is 98.5 Å². The molecule has 3 nitrogen and oxygen atoms in total. The second-order valence-electron chi connectivity index (χ2n) is 4.12. The Hall–Kier alpha value is -1.84. The number of hydrogen-bond donors (Lipinski definition) is 1. The van der Waals surface area contributed by atoms with Gasteiger partial charge in [0.25, 0.3) is 0 Å². The van der Waals surface area contributed by atoms with Gasteiger partial charge >= 0.3 is 5.97 Å². The van der Waals surface area contributed by atoms with Gasteiger partial charge in [0.2, 0.25) is 0 Å². The van der Waals surface area contributed by atoms with Crippen LogP contribution in [0.4, 0.5) is 4.39 Å². The molecule has 0 fully saturated rings. The normalized spacial score (nSPS) is 12.9. The van der Waals surface area contributed by atoms with Crippen LogP contribution in [0, 0.1) is 12.7 Å². The van der Waals surface area contributed by atoms with E-state index in [9.17, 15) is 14.3 Å². The standard InChI is InChI=1S/C13H14FNO2/c1-3-11(13(16)17)15-8(2)6-9-7-10(14)4-5-12(9)15/h4-7,11H,3H2,1-2H3,(H,16,17). The first kappa shape index (κ1) is 11.6. The Morgan fingerprint density at radius 1 is 1.47 bits per heavy atom. The Morgan fingerprint density at radius 3 is 2.76 bits per heavy atom. The van der Waals surface area contributed by atoms with Crippen LogP contribution in [-0.2, 0) is 4.79 Å². The monoisotopic (exact) mass is 235 g/mol. The van der Waals surface area contributed by atoms with Gasteiger partial charge in [0.15, 0.2) is 0 Å². The maximum atomic E-state index is 13.1. The summed E-state index contributed by atoms with van der Waals surface area (Å²) in [7, 11) is 0. The third-order valence-corrected chi connectivity index (χ3v) is 2.98. The van der Waals surface area contributed by atoms with E-state index < -0.39 is 12.0 Å². The average Bonchev–Trinajstić information content (AvgIpc) is 2.55.